The number of halogens is 3. The van der Waals surface area contributed by atoms with Crippen molar-refractivity contribution < 1.29 is 14.0 Å². The van der Waals surface area contributed by atoms with Crippen LogP contribution in [0.15, 0.2) is 42.5 Å². The first-order chi connectivity index (χ1) is 13.3. The summed E-state index contributed by atoms with van der Waals surface area (Å²) in [7, 11) is 0. The third-order valence-electron chi connectivity index (χ3n) is 4.34. The first-order valence-electron chi connectivity index (χ1n) is 9.07. The lowest BCUT2D eigenvalue weighted by molar-refractivity contribution is -0.140. The highest BCUT2D eigenvalue weighted by Gasteiger charge is 2.26. The normalized spacial score (nSPS) is 11.8. The Morgan fingerprint density at radius 1 is 1.14 bits per heavy atom. The molecule has 2 rings (SSSR count). The van der Waals surface area contributed by atoms with Crippen molar-refractivity contribution in [3.63, 3.8) is 0 Å². The van der Waals surface area contributed by atoms with Gasteiger partial charge in [0.2, 0.25) is 11.8 Å². The summed E-state index contributed by atoms with van der Waals surface area (Å²) in [6, 6.07) is 10.1. The molecule has 28 heavy (non-hydrogen) atoms. The SMILES string of the molecule is CCCNC(=O)[C@@H](C)N(Cc1ccc(Cl)cc1Cl)C(=O)Cc1ccc(F)cc1. The maximum absolute atomic E-state index is 13.1. The maximum atomic E-state index is 13.1. The van der Waals surface area contributed by atoms with E-state index in [9.17, 15) is 14.0 Å². The zero-order valence-corrected chi connectivity index (χ0v) is 17.4. The zero-order chi connectivity index (χ0) is 20.7. The molecule has 7 heteroatoms. The van der Waals surface area contributed by atoms with Gasteiger partial charge in [-0.25, -0.2) is 4.39 Å². The second-order valence-corrected chi connectivity index (χ2v) is 7.37. The van der Waals surface area contributed by atoms with E-state index in [4.69, 9.17) is 23.2 Å². The van der Waals surface area contributed by atoms with Gasteiger partial charge in [-0.2, -0.15) is 0 Å². The Labute approximate surface area is 174 Å². The predicted molar refractivity (Wildman–Crippen MR) is 110 cm³/mol. The van der Waals surface area contributed by atoms with E-state index in [-0.39, 0.29) is 30.6 Å². The van der Waals surface area contributed by atoms with Gasteiger partial charge in [-0.05, 0) is 48.7 Å². The number of nitrogens with one attached hydrogen (secondary N) is 1. The van der Waals surface area contributed by atoms with E-state index in [1.165, 1.54) is 17.0 Å². The third kappa shape index (κ3) is 6.21. The van der Waals surface area contributed by atoms with Gasteiger partial charge in [0, 0.05) is 23.1 Å². The van der Waals surface area contributed by atoms with Gasteiger partial charge in [-0.15, -0.1) is 0 Å². The molecule has 2 aromatic carbocycles. The van der Waals surface area contributed by atoms with Crippen molar-refractivity contribution in [1.29, 1.82) is 0 Å². The van der Waals surface area contributed by atoms with Crippen LogP contribution < -0.4 is 5.32 Å². The van der Waals surface area contributed by atoms with Crippen molar-refractivity contribution in [2.24, 2.45) is 0 Å². The molecule has 2 aromatic rings. The highest BCUT2D eigenvalue weighted by Crippen LogP contribution is 2.23. The molecule has 0 heterocycles. The van der Waals surface area contributed by atoms with E-state index in [0.29, 0.717) is 27.7 Å². The van der Waals surface area contributed by atoms with Crippen molar-refractivity contribution in [3.05, 3.63) is 69.5 Å². The highest BCUT2D eigenvalue weighted by atomic mass is 35.5. The Balaban J connectivity index is 2.24. The summed E-state index contributed by atoms with van der Waals surface area (Å²) in [6.07, 6.45) is 0.849. The van der Waals surface area contributed by atoms with Gasteiger partial charge >= 0.3 is 0 Å². The monoisotopic (exact) mass is 424 g/mol. The second-order valence-electron chi connectivity index (χ2n) is 6.53. The fourth-order valence-electron chi connectivity index (χ4n) is 2.69. The molecule has 0 aromatic heterocycles. The Hall–Kier alpha value is -2.11. The van der Waals surface area contributed by atoms with Crippen molar-refractivity contribution in [1.82, 2.24) is 10.2 Å². The lowest BCUT2D eigenvalue weighted by atomic mass is 10.1. The van der Waals surface area contributed by atoms with Crippen LogP contribution in [-0.2, 0) is 22.6 Å². The fraction of sp³-hybridized carbons (Fsp3) is 0.333. The molecular weight excluding hydrogens is 402 g/mol. The first-order valence-corrected chi connectivity index (χ1v) is 9.83. The molecular formula is C21H23Cl2FN2O2. The van der Waals surface area contributed by atoms with Gasteiger partial charge in [-0.1, -0.05) is 48.3 Å². The Kier molecular flexibility index (Phi) is 8.27. The van der Waals surface area contributed by atoms with Crippen LogP contribution in [0.5, 0.6) is 0 Å². The molecule has 2 amide bonds. The van der Waals surface area contributed by atoms with Crippen molar-refractivity contribution >= 4 is 35.0 Å². The van der Waals surface area contributed by atoms with Gasteiger partial charge < -0.3 is 10.2 Å². The first kappa shape index (κ1) is 22.2. The number of amides is 2. The topological polar surface area (TPSA) is 49.4 Å². The van der Waals surface area contributed by atoms with Crippen LogP contribution in [0.3, 0.4) is 0 Å². The highest BCUT2D eigenvalue weighted by molar-refractivity contribution is 6.35. The molecule has 0 spiro atoms. The molecule has 0 aliphatic rings. The molecule has 150 valence electrons. The molecule has 0 aliphatic carbocycles. The molecule has 0 saturated heterocycles. The summed E-state index contributed by atoms with van der Waals surface area (Å²) in [4.78, 5) is 26.9. The summed E-state index contributed by atoms with van der Waals surface area (Å²) >= 11 is 12.2. The lowest BCUT2D eigenvalue weighted by Gasteiger charge is -2.29. The predicted octanol–water partition coefficient (Wildman–Crippen LogP) is 4.62. The van der Waals surface area contributed by atoms with Crippen LogP contribution in [0.1, 0.15) is 31.4 Å². The minimum Gasteiger partial charge on any atom is -0.354 e. The van der Waals surface area contributed by atoms with Crippen LogP contribution in [0.2, 0.25) is 10.0 Å². The van der Waals surface area contributed by atoms with E-state index < -0.39 is 6.04 Å². The molecule has 0 bridgehead atoms. The van der Waals surface area contributed by atoms with Gasteiger partial charge in [0.05, 0.1) is 6.42 Å². The number of carbonyl (C=O) groups is 2. The fourth-order valence-corrected chi connectivity index (χ4v) is 3.16. The van der Waals surface area contributed by atoms with E-state index in [1.54, 1.807) is 37.3 Å². The quantitative estimate of drug-likeness (QED) is 0.671. The molecule has 1 atom stereocenters. The van der Waals surface area contributed by atoms with E-state index in [0.717, 1.165) is 6.42 Å². The zero-order valence-electron chi connectivity index (χ0n) is 15.8. The summed E-state index contributed by atoms with van der Waals surface area (Å²) in [6.45, 7) is 4.33. The molecule has 0 fully saturated rings. The second kappa shape index (κ2) is 10.4. The van der Waals surface area contributed by atoms with E-state index in [1.807, 2.05) is 6.92 Å². The number of hydrogen-bond donors (Lipinski definition) is 1. The largest absolute Gasteiger partial charge is 0.354 e. The van der Waals surface area contributed by atoms with Gasteiger partial charge in [-0.3, -0.25) is 9.59 Å². The maximum Gasteiger partial charge on any atom is 0.242 e. The number of carbonyl (C=O) groups excluding carboxylic acids is 2. The third-order valence-corrected chi connectivity index (χ3v) is 4.93. The summed E-state index contributed by atoms with van der Waals surface area (Å²) in [5, 5.41) is 3.73. The molecule has 4 nitrogen and oxygen atoms in total. The van der Waals surface area contributed by atoms with Crippen LogP contribution in [0.4, 0.5) is 4.39 Å². The van der Waals surface area contributed by atoms with E-state index >= 15 is 0 Å². The van der Waals surface area contributed by atoms with Gasteiger partial charge in [0.15, 0.2) is 0 Å². The van der Waals surface area contributed by atoms with Crippen LogP contribution in [0, 0.1) is 5.82 Å². The molecule has 0 aliphatic heterocycles. The standard InChI is InChI=1S/C21H23Cl2FN2O2/c1-3-10-25-21(28)14(2)26(13-16-6-7-17(22)12-19(16)23)20(27)11-15-4-8-18(24)9-5-15/h4-9,12,14H,3,10-11,13H2,1-2H3,(H,25,28)/t14-/m1/s1. The van der Waals surface area contributed by atoms with Crippen molar-refractivity contribution in [2.45, 2.75) is 39.3 Å². The Bertz CT molecular complexity index is 828. The smallest absolute Gasteiger partial charge is 0.242 e. The van der Waals surface area contributed by atoms with Crippen molar-refractivity contribution in [3.8, 4) is 0 Å². The summed E-state index contributed by atoms with van der Waals surface area (Å²) in [5.74, 6) is -0.857. The van der Waals surface area contributed by atoms with Crippen LogP contribution >= 0.6 is 23.2 Å². The summed E-state index contributed by atoms with van der Waals surface area (Å²) in [5.41, 5.74) is 1.36. The summed E-state index contributed by atoms with van der Waals surface area (Å²) < 4.78 is 13.1. The van der Waals surface area contributed by atoms with Crippen molar-refractivity contribution in [2.75, 3.05) is 6.54 Å². The molecule has 1 N–H and O–H groups in total. The number of benzene rings is 2. The number of nitrogens with zero attached hydrogens (tertiary/aromatic N) is 1. The van der Waals surface area contributed by atoms with Gasteiger partial charge in [0.1, 0.15) is 11.9 Å². The van der Waals surface area contributed by atoms with E-state index in [2.05, 4.69) is 5.32 Å². The Morgan fingerprint density at radius 2 is 1.82 bits per heavy atom. The van der Waals surface area contributed by atoms with Crippen LogP contribution in [-0.4, -0.2) is 29.3 Å². The average molecular weight is 425 g/mol. The van der Waals surface area contributed by atoms with Crippen LogP contribution in [0.25, 0.3) is 0 Å². The van der Waals surface area contributed by atoms with Gasteiger partial charge in [0.25, 0.3) is 0 Å². The number of rotatable bonds is 8. The Morgan fingerprint density at radius 3 is 2.43 bits per heavy atom. The minimum absolute atomic E-state index is 0.0525. The molecule has 0 unspecified atom stereocenters. The lowest BCUT2D eigenvalue weighted by Crippen LogP contribution is -2.48. The average Bonchev–Trinajstić information content (AvgIpc) is 2.66. The number of hydrogen-bond acceptors (Lipinski definition) is 2. The minimum atomic E-state index is -0.689. The molecule has 0 saturated carbocycles. The molecule has 0 radical (unpaired) electrons.